The van der Waals surface area contributed by atoms with Gasteiger partial charge in [-0.2, -0.15) is 0 Å². The molecule has 226 valence electrons. The summed E-state index contributed by atoms with van der Waals surface area (Å²) < 4.78 is 51.2. The highest BCUT2D eigenvalue weighted by Gasteiger charge is 2.34. The summed E-state index contributed by atoms with van der Waals surface area (Å²) >= 11 is 4.42. The smallest absolute Gasteiger partial charge is 0.337 e. The minimum Gasteiger partial charge on any atom is -0.481 e. The molecule has 9 nitrogen and oxygen atoms in total. The number of morpholine rings is 1. The lowest BCUT2D eigenvalue weighted by Gasteiger charge is -2.35. The first-order valence-electron chi connectivity index (χ1n) is 12.8. The Balaban J connectivity index is 0.000000629. The number of carboxylic acid groups (broad SMARTS) is 1. The Labute approximate surface area is 250 Å². The van der Waals surface area contributed by atoms with Crippen LogP contribution < -0.4 is 5.32 Å². The molecule has 41 heavy (non-hydrogen) atoms. The van der Waals surface area contributed by atoms with E-state index in [4.69, 9.17) is 14.6 Å². The topological polar surface area (TPSA) is 113 Å². The molecule has 0 radical (unpaired) electrons. The third kappa shape index (κ3) is 12.4. The number of hydrogen-bond acceptors (Lipinski definition) is 9. The third-order valence-electron chi connectivity index (χ3n) is 5.78. The molecule has 0 spiro atoms. The second-order valence-electron chi connectivity index (χ2n) is 8.91. The van der Waals surface area contributed by atoms with Gasteiger partial charge in [0.2, 0.25) is 0 Å². The number of benzene rings is 1. The zero-order chi connectivity index (χ0) is 30.4. The molecule has 2 heterocycles. The van der Waals surface area contributed by atoms with Gasteiger partial charge < -0.3 is 19.9 Å². The maximum absolute atomic E-state index is 13.8. The number of halogens is 4. The van der Waals surface area contributed by atoms with Gasteiger partial charge in [0.25, 0.3) is 5.92 Å². The van der Waals surface area contributed by atoms with E-state index in [0.29, 0.717) is 48.4 Å². The molecular formula is C27H34BrF3N4O5S. The van der Waals surface area contributed by atoms with Crippen LogP contribution in [0.1, 0.15) is 26.2 Å². The van der Waals surface area contributed by atoms with Crippen molar-refractivity contribution in [2.45, 2.75) is 38.2 Å². The normalized spacial score (nSPS) is 18.0. The number of carboxylic acids is 1. The van der Waals surface area contributed by atoms with Crippen molar-refractivity contribution in [3.05, 3.63) is 57.8 Å². The molecule has 1 saturated heterocycles. The van der Waals surface area contributed by atoms with Crippen LogP contribution in [-0.2, 0) is 19.1 Å². The van der Waals surface area contributed by atoms with Gasteiger partial charge in [-0.05, 0) is 37.0 Å². The highest BCUT2D eigenvalue weighted by molar-refractivity contribution is 9.10. The number of carbonyl (C=O) groups is 2. The van der Waals surface area contributed by atoms with E-state index in [2.05, 4.69) is 37.8 Å². The van der Waals surface area contributed by atoms with Crippen LogP contribution in [-0.4, -0.2) is 91.3 Å². The van der Waals surface area contributed by atoms with Gasteiger partial charge in [-0.15, -0.1) is 0 Å². The number of ether oxygens (including phenoxy) is 2. The Kier molecular flexibility index (Phi) is 14.6. The minimum atomic E-state index is -3.29. The molecule has 2 N–H and O–H groups in total. The molecule has 0 aliphatic carbocycles. The SMILES string of the molecule is C=CSC(=NC)C1=NCC(C(=O)OCC)=C(CN2CCO[C@H](CCC(F)(F)CC(=O)O)C2)N1.Fc1cccc(Br)c1. The molecule has 2 aliphatic rings. The zero-order valence-electron chi connectivity index (χ0n) is 22.9. The van der Waals surface area contributed by atoms with Crippen molar-refractivity contribution in [1.82, 2.24) is 10.2 Å². The first-order chi connectivity index (χ1) is 19.5. The van der Waals surface area contributed by atoms with E-state index in [1.54, 1.807) is 31.5 Å². The van der Waals surface area contributed by atoms with Crippen LogP contribution in [0.4, 0.5) is 13.2 Å². The number of aliphatic imine (C=N–C) groups is 2. The monoisotopic (exact) mass is 662 g/mol. The van der Waals surface area contributed by atoms with E-state index >= 15 is 0 Å². The fourth-order valence-corrected chi connectivity index (χ4v) is 4.79. The van der Waals surface area contributed by atoms with Crippen molar-refractivity contribution in [2.75, 3.05) is 46.4 Å². The molecule has 0 unspecified atom stereocenters. The summed E-state index contributed by atoms with van der Waals surface area (Å²) in [5.74, 6) is -4.98. The maximum Gasteiger partial charge on any atom is 0.337 e. The standard InChI is InChI=1S/C21H30F2N4O5S.C6H4BrF/c1-4-31-20(30)15-11-25-18(19(24-3)33-5-2)26-16(15)13-27-8-9-32-14(12-27)6-7-21(22,23)10-17(28)29;7-5-2-1-3-6(8)4-5/h5,14H,2,4,6-13H2,1,3H3,(H,25,26)(H,28,29);1-4H/t14-;/m1./s1. The number of thioether (sulfide) groups is 1. The van der Waals surface area contributed by atoms with E-state index in [1.165, 1.54) is 23.9 Å². The molecule has 1 aromatic carbocycles. The second-order valence-corrected chi connectivity index (χ2v) is 10.8. The molecule has 0 bridgehead atoms. The van der Waals surface area contributed by atoms with Gasteiger partial charge in [0, 0.05) is 43.3 Å². The Morgan fingerprint density at radius 1 is 1.44 bits per heavy atom. The van der Waals surface area contributed by atoms with Crippen LogP contribution in [0, 0.1) is 5.82 Å². The quantitative estimate of drug-likeness (QED) is 0.196. The summed E-state index contributed by atoms with van der Waals surface area (Å²) in [6, 6.07) is 6.26. The first kappa shape index (κ1) is 34.5. The minimum absolute atomic E-state index is 0.0311. The van der Waals surface area contributed by atoms with Gasteiger partial charge >= 0.3 is 11.9 Å². The summed E-state index contributed by atoms with van der Waals surface area (Å²) in [5.41, 5.74) is 1.01. The molecule has 1 atom stereocenters. The van der Waals surface area contributed by atoms with E-state index in [0.717, 1.165) is 4.47 Å². The van der Waals surface area contributed by atoms with Crippen molar-refractivity contribution in [3.8, 4) is 0 Å². The number of rotatable bonds is 11. The van der Waals surface area contributed by atoms with Crippen molar-refractivity contribution in [2.24, 2.45) is 9.98 Å². The van der Waals surface area contributed by atoms with Gasteiger partial charge in [-0.25, -0.2) is 18.0 Å². The van der Waals surface area contributed by atoms with E-state index in [1.807, 2.05) is 4.90 Å². The summed E-state index contributed by atoms with van der Waals surface area (Å²) in [4.78, 5) is 33.7. The largest absolute Gasteiger partial charge is 0.481 e. The summed E-state index contributed by atoms with van der Waals surface area (Å²) in [5, 5.41) is 14.1. The van der Waals surface area contributed by atoms with Crippen LogP contribution in [0.3, 0.4) is 0 Å². The lowest BCUT2D eigenvalue weighted by atomic mass is 10.0. The Hall–Kier alpha value is -2.68. The molecule has 0 aromatic heterocycles. The summed E-state index contributed by atoms with van der Waals surface area (Å²) in [7, 11) is 1.63. The average Bonchev–Trinajstić information content (AvgIpc) is 2.90. The average molecular weight is 664 g/mol. The Morgan fingerprint density at radius 2 is 2.20 bits per heavy atom. The van der Waals surface area contributed by atoms with Crippen LogP contribution in [0.2, 0.25) is 0 Å². The molecule has 3 rings (SSSR count). The molecular weight excluding hydrogens is 629 g/mol. The fraction of sp³-hybridized carbons (Fsp3) is 0.481. The van der Waals surface area contributed by atoms with Crippen LogP contribution in [0.15, 0.2) is 62.0 Å². The second kappa shape index (κ2) is 17.3. The molecule has 1 aromatic rings. The number of alkyl halides is 2. The van der Waals surface area contributed by atoms with E-state index in [-0.39, 0.29) is 25.4 Å². The first-order valence-corrected chi connectivity index (χ1v) is 14.4. The predicted molar refractivity (Wildman–Crippen MR) is 157 cm³/mol. The van der Waals surface area contributed by atoms with Crippen molar-refractivity contribution in [1.29, 1.82) is 0 Å². The number of nitrogens with one attached hydrogen (secondary N) is 1. The van der Waals surface area contributed by atoms with Gasteiger partial charge in [0.15, 0.2) is 5.84 Å². The lowest BCUT2D eigenvalue weighted by molar-refractivity contribution is -0.146. The van der Waals surface area contributed by atoms with Gasteiger partial charge in [0.05, 0.1) is 31.4 Å². The van der Waals surface area contributed by atoms with Crippen molar-refractivity contribution >= 4 is 50.5 Å². The number of hydrogen-bond donors (Lipinski definition) is 2. The zero-order valence-corrected chi connectivity index (χ0v) is 25.3. The fourth-order valence-electron chi connectivity index (χ4n) is 3.93. The molecule has 0 saturated carbocycles. The molecule has 1 fully saturated rings. The summed E-state index contributed by atoms with van der Waals surface area (Å²) in [6.45, 7) is 7.36. The summed E-state index contributed by atoms with van der Waals surface area (Å²) in [6.07, 6.45) is -2.21. The number of nitrogens with zero attached hydrogens (tertiary/aromatic N) is 3. The van der Waals surface area contributed by atoms with Crippen molar-refractivity contribution in [3.63, 3.8) is 0 Å². The van der Waals surface area contributed by atoms with E-state index < -0.39 is 36.8 Å². The Morgan fingerprint density at radius 3 is 2.78 bits per heavy atom. The molecule has 2 aliphatic heterocycles. The number of amidine groups is 1. The number of esters is 1. The van der Waals surface area contributed by atoms with Gasteiger partial charge in [0.1, 0.15) is 17.3 Å². The molecule has 14 heteroatoms. The van der Waals surface area contributed by atoms with Crippen LogP contribution in [0.5, 0.6) is 0 Å². The number of aliphatic carboxylic acids is 1. The van der Waals surface area contributed by atoms with Crippen molar-refractivity contribution < 1.29 is 37.3 Å². The van der Waals surface area contributed by atoms with Gasteiger partial charge in [-0.3, -0.25) is 19.7 Å². The predicted octanol–water partition coefficient (Wildman–Crippen LogP) is 4.89. The molecule has 0 amide bonds. The number of carbonyl (C=O) groups excluding carboxylic acids is 1. The van der Waals surface area contributed by atoms with E-state index in [9.17, 15) is 22.8 Å². The van der Waals surface area contributed by atoms with Crippen LogP contribution in [0.25, 0.3) is 0 Å². The lowest BCUT2D eigenvalue weighted by Crippen LogP contribution is -2.47. The Bertz CT molecular complexity index is 1150. The van der Waals surface area contributed by atoms with Gasteiger partial charge in [-0.1, -0.05) is 40.3 Å². The third-order valence-corrected chi connectivity index (χ3v) is 7.04. The highest BCUT2D eigenvalue weighted by Crippen LogP contribution is 2.27. The highest BCUT2D eigenvalue weighted by atomic mass is 79.9. The maximum atomic E-state index is 13.8. The van der Waals surface area contributed by atoms with Crippen LogP contribution >= 0.6 is 27.7 Å².